The van der Waals surface area contributed by atoms with E-state index in [-0.39, 0.29) is 18.4 Å². The summed E-state index contributed by atoms with van der Waals surface area (Å²) in [6.45, 7) is 8.52. The maximum Gasteiger partial charge on any atom is 0.228 e. The van der Waals surface area contributed by atoms with Crippen LogP contribution in [0.3, 0.4) is 0 Å². The summed E-state index contributed by atoms with van der Waals surface area (Å²) in [4.78, 5) is 17.6. The van der Waals surface area contributed by atoms with E-state index in [1.165, 1.54) is 0 Å². The van der Waals surface area contributed by atoms with Crippen molar-refractivity contribution in [3.05, 3.63) is 58.8 Å². The third-order valence-corrected chi connectivity index (χ3v) is 5.40. The highest BCUT2D eigenvalue weighted by atomic mass is 16.5. The summed E-state index contributed by atoms with van der Waals surface area (Å²) in [6, 6.07) is 11.9. The quantitative estimate of drug-likeness (QED) is 0.683. The molecule has 0 spiro atoms. The Labute approximate surface area is 171 Å². The lowest BCUT2D eigenvalue weighted by Gasteiger charge is -2.15. The van der Waals surface area contributed by atoms with Crippen LogP contribution in [0.25, 0.3) is 10.9 Å². The first-order valence-electron chi connectivity index (χ1n) is 10.1. The van der Waals surface area contributed by atoms with Crippen molar-refractivity contribution in [1.82, 2.24) is 4.98 Å². The van der Waals surface area contributed by atoms with Crippen LogP contribution in [-0.4, -0.2) is 23.6 Å². The molecule has 0 radical (unpaired) electrons. The van der Waals surface area contributed by atoms with E-state index in [1.807, 2.05) is 57.2 Å². The topological polar surface area (TPSA) is 60.5 Å². The first-order chi connectivity index (χ1) is 14.0. The lowest BCUT2D eigenvalue weighted by atomic mass is 9.99. The molecule has 2 aromatic carbocycles. The fourth-order valence-corrected chi connectivity index (χ4v) is 4.00. The molecule has 0 bridgehead atoms. The summed E-state index contributed by atoms with van der Waals surface area (Å²) < 4.78 is 11.6. The second kappa shape index (κ2) is 7.74. The summed E-state index contributed by atoms with van der Waals surface area (Å²) >= 11 is 0. The van der Waals surface area contributed by atoms with Gasteiger partial charge in [0.15, 0.2) is 0 Å². The number of hydrogen-bond donors (Lipinski definition) is 1. The van der Waals surface area contributed by atoms with Gasteiger partial charge in [0, 0.05) is 29.1 Å². The smallest absolute Gasteiger partial charge is 0.228 e. The Morgan fingerprint density at radius 2 is 2.07 bits per heavy atom. The van der Waals surface area contributed by atoms with E-state index < -0.39 is 0 Å². The largest absolute Gasteiger partial charge is 0.492 e. The highest BCUT2D eigenvalue weighted by Crippen LogP contribution is 2.38. The van der Waals surface area contributed by atoms with Crippen molar-refractivity contribution in [3.8, 4) is 11.5 Å². The number of carbonyl (C=O) groups excluding carboxylic acids is 1. The van der Waals surface area contributed by atoms with Crippen LogP contribution in [0.2, 0.25) is 0 Å². The summed E-state index contributed by atoms with van der Waals surface area (Å²) in [5, 5.41) is 4.10. The Morgan fingerprint density at radius 3 is 2.86 bits per heavy atom. The third kappa shape index (κ3) is 3.77. The molecule has 2 heterocycles. The van der Waals surface area contributed by atoms with Gasteiger partial charge in [0.1, 0.15) is 17.6 Å². The van der Waals surface area contributed by atoms with Crippen LogP contribution in [0.1, 0.15) is 36.2 Å². The van der Waals surface area contributed by atoms with Crippen molar-refractivity contribution in [3.63, 3.8) is 0 Å². The maximum absolute atomic E-state index is 12.9. The standard InChI is InChI=1S/C24H26N2O3/c1-5-28-23-11-17-10-14(2)29-22(17)13-21(23)26-24(27)12-19-15(3)18-8-6-7-9-20(18)25-16(19)4/h6-9,11,13-14H,5,10,12H2,1-4H3,(H,26,27). The highest BCUT2D eigenvalue weighted by molar-refractivity contribution is 5.95. The lowest BCUT2D eigenvalue weighted by Crippen LogP contribution is -2.17. The van der Waals surface area contributed by atoms with Crippen LogP contribution in [0.15, 0.2) is 36.4 Å². The van der Waals surface area contributed by atoms with Gasteiger partial charge in [-0.2, -0.15) is 0 Å². The fourth-order valence-electron chi connectivity index (χ4n) is 4.00. The van der Waals surface area contributed by atoms with Crippen LogP contribution in [0, 0.1) is 13.8 Å². The third-order valence-electron chi connectivity index (χ3n) is 5.40. The zero-order valence-electron chi connectivity index (χ0n) is 17.3. The van der Waals surface area contributed by atoms with Gasteiger partial charge in [0.2, 0.25) is 5.91 Å². The number of aromatic nitrogens is 1. The van der Waals surface area contributed by atoms with E-state index in [2.05, 4.69) is 17.2 Å². The number of rotatable bonds is 5. The van der Waals surface area contributed by atoms with Crippen LogP contribution < -0.4 is 14.8 Å². The van der Waals surface area contributed by atoms with E-state index in [0.29, 0.717) is 18.0 Å². The molecular formula is C24H26N2O3. The Bertz CT molecular complexity index is 1090. The first kappa shape index (κ1) is 19.2. The monoisotopic (exact) mass is 390 g/mol. The van der Waals surface area contributed by atoms with Crippen LogP contribution >= 0.6 is 0 Å². The van der Waals surface area contributed by atoms with E-state index in [4.69, 9.17) is 9.47 Å². The molecule has 5 heteroatoms. The van der Waals surface area contributed by atoms with Crippen molar-refractivity contribution < 1.29 is 14.3 Å². The number of hydrogen-bond acceptors (Lipinski definition) is 4. The average Bonchev–Trinajstić information content (AvgIpc) is 3.04. The second-order valence-corrected chi connectivity index (χ2v) is 7.56. The first-order valence-corrected chi connectivity index (χ1v) is 10.1. The van der Waals surface area contributed by atoms with E-state index in [0.717, 1.165) is 45.5 Å². The van der Waals surface area contributed by atoms with Gasteiger partial charge in [0.05, 0.1) is 24.2 Å². The zero-order chi connectivity index (χ0) is 20.5. The second-order valence-electron chi connectivity index (χ2n) is 7.56. The number of amides is 1. The maximum atomic E-state index is 12.9. The van der Waals surface area contributed by atoms with Gasteiger partial charge in [-0.05, 0) is 51.0 Å². The summed E-state index contributed by atoms with van der Waals surface area (Å²) in [5.74, 6) is 1.40. The molecule has 150 valence electrons. The number of fused-ring (bicyclic) bond motifs is 2. The fraction of sp³-hybridized carbons (Fsp3) is 0.333. The molecule has 4 rings (SSSR count). The van der Waals surface area contributed by atoms with E-state index in [1.54, 1.807) is 0 Å². The predicted molar refractivity (Wildman–Crippen MR) is 115 cm³/mol. The molecule has 1 N–H and O–H groups in total. The molecule has 3 aromatic rings. The van der Waals surface area contributed by atoms with Gasteiger partial charge in [-0.15, -0.1) is 0 Å². The number of benzene rings is 2. The lowest BCUT2D eigenvalue weighted by molar-refractivity contribution is -0.115. The molecule has 1 aromatic heterocycles. The Morgan fingerprint density at radius 1 is 1.28 bits per heavy atom. The summed E-state index contributed by atoms with van der Waals surface area (Å²) in [5.41, 5.74) is 5.66. The number of nitrogens with zero attached hydrogens (tertiary/aromatic N) is 1. The molecule has 0 saturated heterocycles. The number of pyridine rings is 1. The molecule has 1 amide bonds. The van der Waals surface area contributed by atoms with Gasteiger partial charge in [0.25, 0.3) is 0 Å². The van der Waals surface area contributed by atoms with Crippen molar-refractivity contribution in [1.29, 1.82) is 0 Å². The number of carbonyl (C=O) groups is 1. The molecule has 1 atom stereocenters. The molecule has 29 heavy (non-hydrogen) atoms. The Kier molecular flexibility index (Phi) is 5.14. The number of aryl methyl sites for hydroxylation is 2. The molecule has 0 aliphatic carbocycles. The van der Waals surface area contributed by atoms with Gasteiger partial charge in [-0.3, -0.25) is 9.78 Å². The molecular weight excluding hydrogens is 364 g/mol. The molecule has 5 nitrogen and oxygen atoms in total. The Balaban J connectivity index is 1.61. The summed E-state index contributed by atoms with van der Waals surface area (Å²) in [6.07, 6.45) is 1.25. The highest BCUT2D eigenvalue weighted by Gasteiger charge is 2.23. The predicted octanol–water partition coefficient (Wildman–Crippen LogP) is 4.75. The number of ether oxygens (including phenoxy) is 2. The SMILES string of the molecule is CCOc1cc2c(cc1NC(=O)Cc1c(C)nc3ccccc3c1C)OC(C)C2. The van der Waals surface area contributed by atoms with Crippen molar-refractivity contribution >= 4 is 22.5 Å². The molecule has 0 saturated carbocycles. The molecule has 1 aliphatic rings. The minimum Gasteiger partial charge on any atom is -0.492 e. The average molecular weight is 390 g/mol. The van der Waals surface area contributed by atoms with Crippen LogP contribution in [0.5, 0.6) is 11.5 Å². The zero-order valence-corrected chi connectivity index (χ0v) is 17.3. The minimum absolute atomic E-state index is 0.0970. The normalized spacial score (nSPS) is 15.1. The van der Waals surface area contributed by atoms with Gasteiger partial charge < -0.3 is 14.8 Å². The van der Waals surface area contributed by atoms with Crippen LogP contribution in [-0.2, 0) is 17.6 Å². The summed E-state index contributed by atoms with van der Waals surface area (Å²) in [7, 11) is 0. The van der Waals surface area contributed by atoms with E-state index >= 15 is 0 Å². The van der Waals surface area contributed by atoms with Crippen molar-refractivity contribution in [2.75, 3.05) is 11.9 Å². The van der Waals surface area contributed by atoms with Gasteiger partial charge in [-0.1, -0.05) is 18.2 Å². The van der Waals surface area contributed by atoms with Gasteiger partial charge in [-0.25, -0.2) is 0 Å². The van der Waals surface area contributed by atoms with Crippen molar-refractivity contribution in [2.24, 2.45) is 0 Å². The molecule has 1 unspecified atom stereocenters. The number of nitrogens with one attached hydrogen (secondary N) is 1. The van der Waals surface area contributed by atoms with Crippen LogP contribution in [0.4, 0.5) is 5.69 Å². The number of anilines is 1. The minimum atomic E-state index is -0.0970. The van der Waals surface area contributed by atoms with E-state index in [9.17, 15) is 4.79 Å². The Hall–Kier alpha value is -3.08. The van der Waals surface area contributed by atoms with Crippen molar-refractivity contribution in [2.45, 2.75) is 46.6 Å². The number of para-hydroxylation sites is 1. The van der Waals surface area contributed by atoms with Gasteiger partial charge >= 0.3 is 0 Å². The molecule has 0 fully saturated rings. The molecule has 1 aliphatic heterocycles.